The van der Waals surface area contributed by atoms with E-state index in [-0.39, 0.29) is 0 Å². The first kappa shape index (κ1) is 50.9. The van der Waals surface area contributed by atoms with Gasteiger partial charge in [-0.2, -0.15) is 0 Å². The van der Waals surface area contributed by atoms with Gasteiger partial charge in [-0.05, 0) is 180 Å². The number of fused-ring (bicyclic) bond motifs is 14. The molecule has 0 saturated carbocycles. The molecule has 17 rings (SSSR count). The fraction of sp³-hybridized carbons (Fsp3) is 0.0119. The Bertz CT molecular complexity index is 5130. The van der Waals surface area contributed by atoms with Gasteiger partial charge >= 0.3 is 0 Å². The lowest BCUT2D eigenvalue weighted by atomic mass is 9.70. The Balaban J connectivity index is 0.954. The zero-order valence-electron chi connectivity index (χ0n) is 48.1. The summed E-state index contributed by atoms with van der Waals surface area (Å²) in [5.74, 6) is 0. The highest BCUT2D eigenvalue weighted by Crippen LogP contribution is 2.66. The van der Waals surface area contributed by atoms with Gasteiger partial charge < -0.3 is 14.7 Å². The molecule has 0 fully saturated rings. The first-order chi connectivity index (χ1) is 43.7. The van der Waals surface area contributed by atoms with E-state index in [1.807, 2.05) is 12.4 Å². The summed E-state index contributed by atoms with van der Waals surface area (Å²) in [5, 5.41) is 7.15. The topological polar surface area (TPSA) is 22.6 Å². The molecule has 0 amide bonds. The maximum atomic E-state index is 4.80. The molecule has 0 radical (unpaired) electrons. The fourth-order valence-corrected chi connectivity index (χ4v) is 14.5. The summed E-state index contributed by atoms with van der Waals surface area (Å²) in [4.78, 5) is 12.1. The van der Waals surface area contributed by atoms with Crippen LogP contribution in [0.5, 0.6) is 0 Å². The van der Waals surface area contributed by atoms with Crippen LogP contribution in [0.2, 0.25) is 0 Å². The normalized spacial score (nSPS) is 13.5. The van der Waals surface area contributed by atoms with E-state index in [9.17, 15) is 0 Å². The Kier molecular flexibility index (Phi) is 12.1. The van der Waals surface area contributed by atoms with Crippen molar-refractivity contribution in [2.24, 2.45) is 0 Å². The number of rotatable bonds is 11. The van der Waals surface area contributed by atoms with E-state index >= 15 is 0 Å². The van der Waals surface area contributed by atoms with Crippen molar-refractivity contribution in [1.82, 2.24) is 4.98 Å². The zero-order valence-corrected chi connectivity index (χ0v) is 48.1. The molecule has 15 aromatic rings. The third-order valence-corrected chi connectivity index (χ3v) is 18.2. The summed E-state index contributed by atoms with van der Waals surface area (Å²) in [6.45, 7) is 0. The van der Waals surface area contributed by atoms with E-state index in [4.69, 9.17) is 4.98 Å². The molecule has 4 nitrogen and oxygen atoms in total. The van der Waals surface area contributed by atoms with Crippen molar-refractivity contribution in [1.29, 1.82) is 0 Å². The summed E-state index contributed by atoms with van der Waals surface area (Å²) in [5.41, 5.74) is 23.3. The van der Waals surface area contributed by atoms with Crippen molar-refractivity contribution >= 4 is 83.5 Å². The van der Waals surface area contributed by atoms with Crippen LogP contribution in [0.4, 0.5) is 51.2 Å². The number of hydrogen-bond donors (Lipinski definition) is 0. The van der Waals surface area contributed by atoms with E-state index in [2.05, 4.69) is 342 Å². The lowest BCUT2D eigenvalue weighted by Crippen LogP contribution is -2.26. The highest BCUT2D eigenvalue weighted by Gasteiger charge is 2.53. The molecule has 0 saturated heterocycles. The third-order valence-electron chi connectivity index (χ3n) is 18.2. The van der Waals surface area contributed by atoms with Crippen molar-refractivity contribution < 1.29 is 0 Å². The molecule has 88 heavy (non-hydrogen) atoms. The fourth-order valence-electron chi connectivity index (χ4n) is 14.5. The van der Waals surface area contributed by atoms with Gasteiger partial charge in [0.05, 0.1) is 11.1 Å². The van der Waals surface area contributed by atoms with Gasteiger partial charge in [0.1, 0.15) is 0 Å². The highest BCUT2D eigenvalue weighted by molar-refractivity contribution is 6.09. The molecule has 0 bridgehead atoms. The molecule has 1 spiro atoms. The van der Waals surface area contributed by atoms with Gasteiger partial charge in [-0.3, -0.25) is 4.98 Å². The molecule has 0 aliphatic heterocycles. The highest BCUT2D eigenvalue weighted by atomic mass is 15.2. The summed E-state index contributed by atoms with van der Waals surface area (Å²) >= 11 is 0. The first-order valence-electron chi connectivity index (χ1n) is 30.2. The lowest BCUT2D eigenvalue weighted by Gasteiger charge is -2.33. The van der Waals surface area contributed by atoms with Crippen LogP contribution < -0.4 is 14.7 Å². The smallest absolute Gasteiger partial charge is 0.0726 e. The van der Waals surface area contributed by atoms with Crippen LogP contribution >= 0.6 is 0 Å². The number of para-hydroxylation sites is 3. The largest absolute Gasteiger partial charge is 0.310 e. The Hall–Kier alpha value is -11.6. The average Bonchev–Trinajstić information content (AvgIpc) is 1.51. The van der Waals surface area contributed by atoms with Crippen LogP contribution in [0, 0.1) is 0 Å². The number of hydrogen-bond acceptors (Lipinski definition) is 4. The molecular weight excluding hydrogens is 1060 g/mol. The second-order valence-electron chi connectivity index (χ2n) is 23.0. The van der Waals surface area contributed by atoms with Crippen molar-refractivity contribution in [3.63, 3.8) is 0 Å². The second-order valence-corrected chi connectivity index (χ2v) is 23.0. The minimum atomic E-state index is -0.672. The molecule has 412 valence electrons. The molecule has 4 heteroatoms. The lowest BCUT2D eigenvalue weighted by molar-refractivity contribution is 0.794. The Labute approximate surface area is 512 Å². The second kappa shape index (κ2) is 20.9. The Morgan fingerprint density at radius 1 is 0.227 bits per heavy atom. The standard InChI is InChI=1S/C84H56N4/c1-5-23-57(24-6-1)63-50-70(87(66-33-11-4-12-34-66)69-46-43-58-25-13-14-27-60(58)49-69)54-71(51-63)88(68-36-21-35-67(53-68)86(64-29-7-2-8-30-64)65-31-9-3-10-32-65)81-42-22-41-79-83(81)74-39-19-20-40-77(74)84(79)78-47-45-61(76-56-85-55-62-28-16-17-37-72(62)76)52-75(78)82-73-38-18-15-26-59(73)44-48-80(82)84/h1-56H. The van der Waals surface area contributed by atoms with Crippen LogP contribution in [0.25, 0.3) is 76.8 Å². The molecule has 1 aromatic heterocycles. The monoisotopic (exact) mass is 1120 g/mol. The molecule has 0 N–H and O–H groups in total. The van der Waals surface area contributed by atoms with Gasteiger partial charge in [-0.25, -0.2) is 0 Å². The summed E-state index contributed by atoms with van der Waals surface area (Å²) < 4.78 is 0. The van der Waals surface area contributed by atoms with Gasteiger partial charge in [0, 0.05) is 74.4 Å². The van der Waals surface area contributed by atoms with E-state index in [0.717, 1.165) is 78.8 Å². The minimum Gasteiger partial charge on any atom is -0.310 e. The average molecular weight is 1120 g/mol. The molecule has 2 aliphatic rings. The zero-order chi connectivity index (χ0) is 58.1. The molecule has 1 atom stereocenters. The van der Waals surface area contributed by atoms with Crippen molar-refractivity contribution in [2.45, 2.75) is 5.41 Å². The van der Waals surface area contributed by atoms with Gasteiger partial charge in [-0.15, -0.1) is 0 Å². The third kappa shape index (κ3) is 8.18. The van der Waals surface area contributed by atoms with Gasteiger partial charge in [0.2, 0.25) is 0 Å². The summed E-state index contributed by atoms with van der Waals surface area (Å²) in [7, 11) is 0. The van der Waals surface area contributed by atoms with Gasteiger partial charge in [0.25, 0.3) is 0 Å². The van der Waals surface area contributed by atoms with Crippen molar-refractivity contribution in [3.8, 4) is 44.5 Å². The van der Waals surface area contributed by atoms with E-state index in [1.165, 1.54) is 71.4 Å². The maximum Gasteiger partial charge on any atom is 0.0726 e. The van der Waals surface area contributed by atoms with Crippen LogP contribution in [0.15, 0.2) is 340 Å². The summed E-state index contributed by atoms with van der Waals surface area (Å²) in [6, 6.07) is 121. The quantitative estimate of drug-likeness (QED) is 0.129. The maximum absolute atomic E-state index is 4.80. The van der Waals surface area contributed by atoms with E-state index < -0.39 is 5.41 Å². The SMILES string of the molecule is c1ccc(-c2cc(N(c3ccccc3)c3ccc4ccccc4c3)cc(N(c3cccc(N(c4ccccc4)c4ccccc4)c3)c3cccc4c3-c3ccccc3C43c4ccc(-c5cncc6ccccc56)cc4-c4c3ccc3ccccc43)c2)cc1. The molecule has 1 heterocycles. The van der Waals surface area contributed by atoms with E-state index in [0.29, 0.717) is 0 Å². The van der Waals surface area contributed by atoms with Gasteiger partial charge in [0.15, 0.2) is 0 Å². The minimum absolute atomic E-state index is 0.672. The summed E-state index contributed by atoms with van der Waals surface area (Å²) in [6.07, 6.45) is 4.01. The number of anilines is 9. The molecule has 14 aromatic carbocycles. The predicted octanol–water partition coefficient (Wildman–Crippen LogP) is 22.6. The Morgan fingerprint density at radius 2 is 0.727 bits per heavy atom. The molecule has 1 unspecified atom stereocenters. The van der Waals surface area contributed by atoms with Gasteiger partial charge in [-0.1, -0.05) is 231 Å². The number of nitrogens with zero attached hydrogens (tertiary/aromatic N) is 4. The molecular formula is C84H56N4. The van der Waals surface area contributed by atoms with Crippen molar-refractivity contribution in [2.75, 3.05) is 14.7 Å². The van der Waals surface area contributed by atoms with Crippen molar-refractivity contribution in [3.05, 3.63) is 362 Å². The van der Waals surface area contributed by atoms with Crippen LogP contribution in [-0.4, -0.2) is 4.98 Å². The number of aromatic nitrogens is 1. The van der Waals surface area contributed by atoms with Crippen LogP contribution in [0.1, 0.15) is 22.3 Å². The number of pyridine rings is 1. The Morgan fingerprint density at radius 3 is 1.47 bits per heavy atom. The predicted molar refractivity (Wildman–Crippen MR) is 368 cm³/mol. The first-order valence-corrected chi connectivity index (χ1v) is 30.2. The molecule has 2 aliphatic carbocycles. The van der Waals surface area contributed by atoms with Crippen LogP contribution in [-0.2, 0) is 5.41 Å². The number of benzene rings is 14. The van der Waals surface area contributed by atoms with E-state index in [1.54, 1.807) is 0 Å². The van der Waals surface area contributed by atoms with Crippen LogP contribution in [0.3, 0.4) is 0 Å².